The van der Waals surface area contributed by atoms with Crippen LogP contribution in [0.3, 0.4) is 0 Å². The van der Waals surface area contributed by atoms with Crippen molar-refractivity contribution in [1.82, 2.24) is 0 Å². The van der Waals surface area contributed by atoms with Gasteiger partial charge in [-0.25, -0.2) is 0 Å². The predicted molar refractivity (Wildman–Crippen MR) is 194 cm³/mol. The van der Waals surface area contributed by atoms with Crippen molar-refractivity contribution in [3.63, 3.8) is 0 Å². The first-order valence-electron chi connectivity index (χ1n) is 15.8. The van der Waals surface area contributed by atoms with Crippen LogP contribution in [0.15, 0.2) is 97.1 Å². The highest BCUT2D eigenvalue weighted by Crippen LogP contribution is 2.56. The molecule has 0 radical (unpaired) electrons. The van der Waals surface area contributed by atoms with Crippen LogP contribution in [-0.2, 0) is 0 Å². The van der Waals surface area contributed by atoms with Gasteiger partial charge in [0.1, 0.15) is 0 Å². The molecule has 11 aromatic carbocycles. The molecule has 0 saturated heterocycles. The number of hydrogen-bond donors (Lipinski definition) is 0. The predicted octanol–water partition coefficient (Wildman–Crippen LogP) is 12.8. The lowest BCUT2D eigenvalue weighted by atomic mass is 9.76. The number of aryl methyl sites for hydroxylation is 4. The van der Waals surface area contributed by atoms with E-state index in [1.807, 2.05) is 0 Å². The number of hydrogen-bond acceptors (Lipinski definition) is 0. The highest BCUT2D eigenvalue weighted by molar-refractivity contribution is 6.55. The van der Waals surface area contributed by atoms with Crippen LogP contribution in [0.4, 0.5) is 0 Å². The highest BCUT2D eigenvalue weighted by atomic mass is 14.3. The van der Waals surface area contributed by atoms with E-state index in [1.54, 1.807) is 0 Å². The van der Waals surface area contributed by atoms with Crippen molar-refractivity contribution in [3.8, 4) is 0 Å². The second kappa shape index (κ2) is 7.47. The summed E-state index contributed by atoms with van der Waals surface area (Å²) < 4.78 is 0. The Morgan fingerprint density at radius 1 is 0.205 bits per heavy atom. The van der Waals surface area contributed by atoms with E-state index < -0.39 is 0 Å². The zero-order chi connectivity index (χ0) is 29.2. The molecule has 11 rings (SSSR count). The van der Waals surface area contributed by atoms with Crippen molar-refractivity contribution in [2.24, 2.45) is 0 Å². The Hall–Kier alpha value is -5.20. The highest BCUT2D eigenvalue weighted by Gasteiger charge is 2.27. The van der Waals surface area contributed by atoms with E-state index in [9.17, 15) is 0 Å². The molecule has 0 bridgehead atoms. The summed E-state index contributed by atoms with van der Waals surface area (Å²) in [6, 6.07) is 38.1. The molecular formula is C44H28. The summed E-state index contributed by atoms with van der Waals surface area (Å²) in [7, 11) is 0. The van der Waals surface area contributed by atoms with Crippen LogP contribution in [-0.4, -0.2) is 0 Å². The summed E-state index contributed by atoms with van der Waals surface area (Å²) in [6.07, 6.45) is 0. The lowest BCUT2D eigenvalue weighted by Crippen LogP contribution is -1.97. The first kappa shape index (κ1) is 23.3. The molecule has 204 valence electrons. The summed E-state index contributed by atoms with van der Waals surface area (Å²) >= 11 is 0. The summed E-state index contributed by atoms with van der Waals surface area (Å²) in [5.41, 5.74) is 5.22. The maximum atomic E-state index is 2.42. The smallest absolute Gasteiger partial charge is 0.0000929 e. The molecule has 0 N–H and O–H groups in total. The minimum atomic E-state index is 1.31. The Morgan fingerprint density at radius 3 is 0.659 bits per heavy atom. The van der Waals surface area contributed by atoms with E-state index in [2.05, 4.69) is 125 Å². The van der Waals surface area contributed by atoms with Crippen molar-refractivity contribution in [3.05, 3.63) is 119 Å². The Balaban J connectivity index is 1.66. The maximum absolute atomic E-state index is 2.42. The standard InChI is InChI=1S/C44H28/c1-21-5-9-25-33(17-21)29-13-14-30-35-19-23(3)7-11-27(35)38-28-12-8-24(4)20-36(28)32-16-15-31-34-18-22(2)6-10-26(34)37(25)43-39(29)40(30)44(38)42(32)41(31)43/h5-20H,1-4H3. The van der Waals surface area contributed by atoms with E-state index in [4.69, 9.17) is 0 Å². The lowest BCUT2D eigenvalue weighted by molar-refractivity contribution is 1.51. The summed E-state index contributed by atoms with van der Waals surface area (Å²) in [6.45, 7) is 8.91. The third-order valence-electron chi connectivity index (χ3n) is 10.8. The fourth-order valence-corrected chi connectivity index (χ4v) is 9.12. The molecule has 0 aliphatic rings. The van der Waals surface area contributed by atoms with Crippen LogP contribution in [0.5, 0.6) is 0 Å². The van der Waals surface area contributed by atoms with Gasteiger partial charge in [0.05, 0.1) is 0 Å². The van der Waals surface area contributed by atoms with Gasteiger partial charge in [0.25, 0.3) is 0 Å². The first-order valence-corrected chi connectivity index (χ1v) is 15.8. The maximum Gasteiger partial charge on any atom is -0.0000929 e. The molecule has 0 atom stereocenters. The number of benzene rings is 11. The van der Waals surface area contributed by atoms with Gasteiger partial charge >= 0.3 is 0 Å². The number of rotatable bonds is 0. The summed E-state index contributed by atoms with van der Waals surface area (Å²) in [5, 5.41) is 27.8. The van der Waals surface area contributed by atoms with Crippen molar-refractivity contribution >= 4 is 108 Å². The van der Waals surface area contributed by atoms with Crippen LogP contribution in [0.1, 0.15) is 22.3 Å². The molecule has 11 aromatic rings. The third kappa shape index (κ3) is 2.52. The fraction of sp³-hybridized carbons (Fsp3) is 0.0909. The molecule has 0 amide bonds. The average molecular weight is 557 g/mol. The van der Waals surface area contributed by atoms with Gasteiger partial charge in [-0.05, 0) is 135 Å². The first-order chi connectivity index (χ1) is 21.5. The minimum Gasteiger partial charge on any atom is -0.0587 e. The molecule has 0 heteroatoms. The summed E-state index contributed by atoms with van der Waals surface area (Å²) in [5.74, 6) is 0. The Kier molecular flexibility index (Phi) is 3.95. The monoisotopic (exact) mass is 556 g/mol. The van der Waals surface area contributed by atoms with Gasteiger partial charge < -0.3 is 0 Å². The van der Waals surface area contributed by atoms with Crippen LogP contribution in [0.2, 0.25) is 0 Å². The molecule has 0 nitrogen and oxygen atoms in total. The second-order valence-corrected chi connectivity index (χ2v) is 13.5. The van der Waals surface area contributed by atoms with E-state index in [1.165, 1.54) is 130 Å². The molecule has 44 heavy (non-hydrogen) atoms. The quantitative estimate of drug-likeness (QED) is 0.129. The molecule has 0 spiro atoms. The van der Waals surface area contributed by atoms with E-state index >= 15 is 0 Å². The Morgan fingerprint density at radius 2 is 0.409 bits per heavy atom. The largest absolute Gasteiger partial charge is 0.0587 e. The van der Waals surface area contributed by atoms with Gasteiger partial charge in [-0.15, -0.1) is 0 Å². The Bertz CT molecular complexity index is 2650. The van der Waals surface area contributed by atoms with Gasteiger partial charge in [-0.1, -0.05) is 119 Å². The molecule has 0 fully saturated rings. The SMILES string of the molecule is Cc1ccc2c(c1)c1ccc3c4cc(C)ccc4c4c5ccc(C)cc5c5ccc6c7cc(C)ccc7c2c2c1c3c4c5c62. The molecule has 0 heterocycles. The van der Waals surface area contributed by atoms with Crippen LogP contribution >= 0.6 is 0 Å². The van der Waals surface area contributed by atoms with Gasteiger partial charge in [0.15, 0.2) is 0 Å². The van der Waals surface area contributed by atoms with Crippen molar-refractivity contribution < 1.29 is 0 Å². The Labute approximate surface area is 254 Å². The molecular weight excluding hydrogens is 528 g/mol. The van der Waals surface area contributed by atoms with Crippen molar-refractivity contribution in [2.45, 2.75) is 27.7 Å². The van der Waals surface area contributed by atoms with Crippen LogP contribution < -0.4 is 0 Å². The molecule has 0 saturated carbocycles. The van der Waals surface area contributed by atoms with E-state index in [-0.39, 0.29) is 0 Å². The fourth-order valence-electron chi connectivity index (χ4n) is 9.12. The van der Waals surface area contributed by atoms with Crippen molar-refractivity contribution in [2.75, 3.05) is 0 Å². The molecule has 0 aromatic heterocycles. The van der Waals surface area contributed by atoms with Gasteiger partial charge in [-0.2, -0.15) is 0 Å². The molecule has 0 aliphatic carbocycles. The van der Waals surface area contributed by atoms with Crippen LogP contribution in [0, 0.1) is 27.7 Å². The van der Waals surface area contributed by atoms with E-state index in [0.717, 1.165) is 0 Å². The van der Waals surface area contributed by atoms with Gasteiger partial charge in [-0.3, -0.25) is 0 Å². The van der Waals surface area contributed by atoms with E-state index in [0.29, 0.717) is 0 Å². The normalized spacial score (nSPS) is 13.0. The average Bonchev–Trinajstić information content (AvgIpc) is 3.03. The summed E-state index contributed by atoms with van der Waals surface area (Å²) in [4.78, 5) is 0. The van der Waals surface area contributed by atoms with Gasteiger partial charge in [0, 0.05) is 0 Å². The number of fused-ring (bicyclic) bond motifs is 12. The zero-order valence-corrected chi connectivity index (χ0v) is 25.2. The lowest BCUT2D eigenvalue weighted by Gasteiger charge is -2.26. The third-order valence-corrected chi connectivity index (χ3v) is 10.8. The molecule has 0 unspecified atom stereocenters. The van der Waals surface area contributed by atoms with Crippen LogP contribution in [0.25, 0.3) is 108 Å². The molecule has 0 aliphatic heterocycles. The zero-order valence-electron chi connectivity index (χ0n) is 25.2. The van der Waals surface area contributed by atoms with Gasteiger partial charge in [0.2, 0.25) is 0 Å². The van der Waals surface area contributed by atoms with Crippen molar-refractivity contribution in [1.29, 1.82) is 0 Å². The second-order valence-electron chi connectivity index (χ2n) is 13.5. The topological polar surface area (TPSA) is 0 Å². The minimum absolute atomic E-state index is 1.31.